The second-order valence-electron chi connectivity index (χ2n) is 8.30. The van der Waals surface area contributed by atoms with Crippen LogP contribution in [0.4, 0.5) is 4.79 Å². The third-order valence-electron chi connectivity index (χ3n) is 4.43. The van der Waals surface area contributed by atoms with Gasteiger partial charge in [0.05, 0.1) is 11.4 Å². The number of hydrogen-bond donors (Lipinski definition) is 1. The Morgan fingerprint density at radius 2 is 2.04 bits per heavy atom. The molecule has 156 valence electrons. The average molecular weight is 410 g/mol. The maximum atomic E-state index is 12.8. The molecule has 1 atom stereocenters. The molecule has 1 aromatic rings. The van der Waals surface area contributed by atoms with Crippen LogP contribution in [0.3, 0.4) is 0 Å². The van der Waals surface area contributed by atoms with Gasteiger partial charge in [-0.25, -0.2) is 4.79 Å². The van der Waals surface area contributed by atoms with Crippen LogP contribution in [0.5, 0.6) is 0 Å². The summed E-state index contributed by atoms with van der Waals surface area (Å²) in [6.45, 7) is 9.38. The molecule has 1 aliphatic heterocycles. The third kappa shape index (κ3) is 6.82. The van der Waals surface area contributed by atoms with Gasteiger partial charge in [-0.1, -0.05) is 0 Å². The number of piperidine rings is 1. The number of carbonyl (C=O) groups excluding carboxylic acids is 3. The van der Waals surface area contributed by atoms with Crippen molar-refractivity contribution in [3.8, 4) is 0 Å². The maximum Gasteiger partial charge on any atom is 0.410 e. The Balaban J connectivity index is 1.90. The number of likely N-dealkylation sites (tertiary alicyclic amines) is 1. The van der Waals surface area contributed by atoms with Crippen LogP contribution < -0.4 is 5.32 Å². The maximum absolute atomic E-state index is 12.8. The largest absolute Gasteiger partial charge is 0.444 e. The van der Waals surface area contributed by atoms with E-state index in [4.69, 9.17) is 4.74 Å². The molecule has 1 saturated heterocycles. The van der Waals surface area contributed by atoms with E-state index in [-0.39, 0.29) is 23.8 Å². The van der Waals surface area contributed by atoms with E-state index < -0.39 is 5.60 Å². The van der Waals surface area contributed by atoms with Gasteiger partial charge in [-0.05, 0) is 51.7 Å². The quantitative estimate of drug-likeness (QED) is 0.810. The highest BCUT2D eigenvalue weighted by molar-refractivity contribution is 7.14. The minimum atomic E-state index is -0.520. The van der Waals surface area contributed by atoms with Crippen LogP contribution in [-0.2, 0) is 16.1 Å². The average Bonchev–Trinajstić information content (AvgIpc) is 3.07. The molecule has 0 aromatic carbocycles. The first kappa shape index (κ1) is 22.2. The van der Waals surface area contributed by atoms with E-state index in [1.165, 1.54) is 18.3 Å². The van der Waals surface area contributed by atoms with Crippen molar-refractivity contribution in [2.45, 2.75) is 52.7 Å². The first-order valence-corrected chi connectivity index (χ1v) is 10.4. The molecule has 0 aliphatic carbocycles. The predicted octanol–water partition coefficient (Wildman–Crippen LogP) is 3.10. The molecule has 0 spiro atoms. The molecule has 1 fully saturated rings. The van der Waals surface area contributed by atoms with Crippen molar-refractivity contribution in [3.63, 3.8) is 0 Å². The molecule has 1 aliphatic rings. The van der Waals surface area contributed by atoms with Gasteiger partial charge in [0.25, 0.3) is 5.91 Å². The van der Waals surface area contributed by atoms with E-state index in [1.54, 1.807) is 11.9 Å². The summed E-state index contributed by atoms with van der Waals surface area (Å²) >= 11 is 1.41. The minimum Gasteiger partial charge on any atom is -0.444 e. The lowest BCUT2D eigenvalue weighted by atomic mass is 9.97. The van der Waals surface area contributed by atoms with Gasteiger partial charge in [-0.3, -0.25) is 9.59 Å². The van der Waals surface area contributed by atoms with E-state index in [2.05, 4.69) is 5.32 Å². The molecule has 7 nitrogen and oxygen atoms in total. The Bertz CT molecular complexity index is 711. The lowest BCUT2D eigenvalue weighted by molar-refractivity contribution is -0.119. The van der Waals surface area contributed by atoms with Crippen LogP contribution in [0.2, 0.25) is 0 Å². The highest BCUT2D eigenvalue weighted by Crippen LogP contribution is 2.23. The van der Waals surface area contributed by atoms with Crippen LogP contribution in [0, 0.1) is 5.92 Å². The summed E-state index contributed by atoms with van der Waals surface area (Å²) in [7, 11) is 1.74. The molecule has 1 unspecified atom stereocenters. The van der Waals surface area contributed by atoms with Gasteiger partial charge >= 0.3 is 6.09 Å². The third-order valence-corrected chi connectivity index (χ3v) is 5.50. The SMILES string of the molecule is CC(=O)NCc1ccc(C(=O)N2CCCC(CN(C)C(=O)OC(C)(C)C)C2)s1. The van der Waals surface area contributed by atoms with Crippen molar-refractivity contribution >= 4 is 29.2 Å². The number of thiophene rings is 1. The van der Waals surface area contributed by atoms with Gasteiger partial charge in [0, 0.05) is 38.5 Å². The van der Waals surface area contributed by atoms with Gasteiger partial charge < -0.3 is 19.9 Å². The van der Waals surface area contributed by atoms with Crippen LogP contribution in [0.15, 0.2) is 12.1 Å². The molecular formula is C20H31N3O4S. The second-order valence-corrected chi connectivity index (χ2v) is 9.46. The standard InChI is InChI=1S/C20H31N3O4S/c1-14(24)21-11-16-8-9-17(28-16)18(25)23-10-6-7-15(13-23)12-22(5)19(26)27-20(2,3)4/h8-9,15H,6-7,10-13H2,1-5H3,(H,21,24). The van der Waals surface area contributed by atoms with Gasteiger partial charge in [0.1, 0.15) is 5.60 Å². The van der Waals surface area contributed by atoms with Crippen LogP contribution in [0.1, 0.15) is 55.1 Å². The van der Waals surface area contributed by atoms with E-state index in [0.717, 1.165) is 24.3 Å². The molecule has 0 bridgehead atoms. The topological polar surface area (TPSA) is 79.0 Å². The van der Waals surface area contributed by atoms with Crippen molar-refractivity contribution < 1.29 is 19.1 Å². The van der Waals surface area contributed by atoms with Crippen molar-refractivity contribution in [2.75, 3.05) is 26.7 Å². The molecule has 28 heavy (non-hydrogen) atoms. The Kier molecular flexibility index (Phi) is 7.46. The number of ether oxygens (including phenoxy) is 1. The fraction of sp³-hybridized carbons (Fsp3) is 0.650. The fourth-order valence-corrected chi connectivity index (χ4v) is 4.07. The number of amides is 3. The zero-order valence-electron chi connectivity index (χ0n) is 17.4. The lowest BCUT2D eigenvalue weighted by Crippen LogP contribution is -2.44. The number of nitrogens with zero attached hydrogens (tertiary/aromatic N) is 2. The van der Waals surface area contributed by atoms with E-state index in [1.807, 2.05) is 37.8 Å². The molecule has 2 heterocycles. The Morgan fingerprint density at radius 1 is 1.32 bits per heavy atom. The summed E-state index contributed by atoms with van der Waals surface area (Å²) in [6.07, 6.45) is 1.56. The van der Waals surface area contributed by atoms with Crippen LogP contribution in [-0.4, -0.2) is 60.0 Å². The monoisotopic (exact) mass is 409 g/mol. The Hall–Kier alpha value is -2.09. The van der Waals surface area contributed by atoms with Crippen molar-refractivity contribution in [1.29, 1.82) is 0 Å². The van der Waals surface area contributed by atoms with Crippen molar-refractivity contribution in [2.24, 2.45) is 5.92 Å². The molecular weight excluding hydrogens is 378 g/mol. The summed E-state index contributed by atoms with van der Waals surface area (Å²) in [4.78, 5) is 41.2. The Morgan fingerprint density at radius 3 is 2.68 bits per heavy atom. The highest BCUT2D eigenvalue weighted by Gasteiger charge is 2.28. The molecule has 1 aromatic heterocycles. The zero-order chi connectivity index (χ0) is 20.9. The lowest BCUT2D eigenvalue weighted by Gasteiger charge is -2.35. The molecule has 2 rings (SSSR count). The Labute approximate surface area is 171 Å². The van der Waals surface area contributed by atoms with Gasteiger partial charge in [0.2, 0.25) is 5.91 Å². The molecule has 0 saturated carbocycles. The summed E-state index contributed by atoms with van der Waals surface area (Å²) in [5, 5.41) is 2.75. The normalized spacial score (nSPS) is 17.2. The first-order valence-electron chi connectivity index (χ1n) is 9.61. The summed E-state index contributed by atoms with van der Waals surface area (Å²) in [6, 6.07) is 3.70. The van der Waals surface area contributed by atoms with Crippen LogP contribution >= 0.6 is 11.3 Å². The van der Waals surface area contributed by atoms with Gasteiger partial charge in [0.15, 0.2) is 0 Å². The minimum absolute atomic E-state index is 0.0173. The molecule has 8 heteroatoms. The fourth-order valence-electron chi connectivity index (χ4n) is 3.16. The van der Waals surface area contributed by atoms with E-state index in [9.17, 15) is 14.4 Å². The molecule has 1 N–H and O–H groups in total. The van der Waals surface area contributed by atoms with E-state index >= 15 is 0 Å². The highest BCUT2D eigenvalue weighted by atomic mass is 32.1. The first-order chi connectivity index (χ1) is 13.0. The van der Waals surface area contributed by atoms with Crippen molar-refractivity contribution in [3.05, 3.63) is 21.9 Å². The van der Waals surface area contributed by atoms with Gasteiger partial charge in [-0.15, -0.1) is 11.3 Å². The summed E-state index contributed by atoms with van der Waals surface area (Å²) in [5.74, 6) is 0.159. The smallest absolute Gasteiger partial charge is 0.410 e. The van der Waals surface area contributed by atoms with E-state index in [0.29, 0.717) is 24.5 Å². The van der Waals surface area contributed by atoms with Crippen molar-refractivity contribution in [1.82, 2.24) is 15.1 Å². The number of hydrogen-bond acceptors (Lipinski definition) is 5. The second kappa shape index (κ2) is 9.41. The number of carbonyl (C=O) groups is 3. The van der Waals surface area contributed by atoms with Gasteiger partial charge in [-0.2, -0.15) is 0 Å². The number of nitrogens with one attached hydrogen (secondary N) is 1. The number of rotatable bonds is 5. The zero-order valence-corrected chi connectivity index (χ0v) is 18.2. The summed E-state index contributed by atoms with van der Waals surface area (Å²) < 4.78 is 5.41. The summed E-state index contributed by atoms with van der Waals surface area (Å²) in [5.41, 5.74) is -0.520. The van der Waals surface area contributed by atoms with Crippen LogP contribution in [0.25, 0.3) is 0 Å². The molecule has 3 amide bonds. The molecule has 0 radical (unpaired) electrons. The predicted molar refractivity (Wildman–Crippen MR) is 109 cm³/mol.